The van der Waals surface area contributed by atoms with Crippen LogP contribution in [-0.2, 0) is 17.8 Å². The molecule has 1 aliphatic heterocycles. The van der Waals surface area contributed by atoms with Crippen molar-refractivity contribution in [2.75, 3.05) is 13.3 Å². The molecule has 2 aromatic rings. The Bertz CT molecular complexity index is 772. The van der Waals surface area contributed by atoms with Gasteiger partial charge in [-0.1, -0.05) is 51.1 Å². The quantitative estimate of drug-likeness (QED) is 0.752. The van der Waals surface area contributed by atoms with Gasteiger partial charge in [-0.2, -0.15) is 0 Å². The van der Waals surface area contributed by atoms with Crippen molar-refractivity contribution in [2.45, 2.75) is 39.8 Å². The standard InChI is InChI=1S/C22H28N2O3/c1-4-16-5-8-18(9-6-16)22(15(2)3)24-13-21(25)23-12-17-7-10-19-20(11-17)27-14-26-19/h5-11,15,22,24H,4,12-14H2,1-3H3,(H,23,25)/p+1/t22-/m0/s1. The first-order chi connectivity index (χ1) is 13.1. The number of carbonyl (C=O) groups excluding carboxylic acids is 1. The van der Waals surface area contributed by atoms with E-state index in [1.54, 1.807) is 0 Å². The molecule has 3 rings (SSSR count). The number of quaternary nitrogens is 1. The smallest absolute Gasteiger partial charge is 0.275 e. The molecule has 0 saturated carbocycles. The number of rotatable bonds is 8. The summed E-state index contributed by atoms with van der Waals surface area (Å²) in [5.41, 5.74) is 3.61. The molecular formula is C22H29N2O3+. The van der Waals surface area contributed by atoms with Crippen LogP contribution in [-0.4, -0.2) is 19.2 Å². The van der Waals surface area contributed by atoms with Crippen LogP contribution in [0.4, 0.5) is 0 Å². The number of fused-ring (bicyclic) bond motifs is 1. The minimum Gasteiger partial charge on any atom is -0.454 e. The molecule has 0 radical (unpaired) electrons. The van der Waals surface area contributed by atoms with Gasteiger partial charge in [0.1, 0.15) is 6.04 Å². The summed E-state index contributed by atoms with van der Waals surface area (Å²) in [6, 6.07) is 14.7. The fourth-order valence-corrected chi connectivity index (χ4v) is 3.33. The van der Waals surface area contributed by atoms with E-state index < -0.39 is 0 Å². The highest BCUT2D eigenvalue weighted by molar-refractivity contribution is 5.76. The Labute approximate surface area is 161 Å². The minimum absolute atomic E-state index is 0.0310. The molecule has 3 N–H and O–H groups in total. The molecule has 5 nitrogen and oxygen atoms in total. The lowest BCUT2D eigenvalue weighted by Crippen LogP contribution is -2.88. The molecule has 144 valence electrons. The maximum absolute atomic E-state index is 12.3. The van der Waals surface area contributed by atoms with E-state index in [-0.39, 0.29) is 18.7 Å². The summed E-state index contributed by atoms with van der Waals surface area (Å²) in [5, 5.41) is 5.11. The summed E-state index contributed by atoms with van der Waals surface area (Å²) in [6.45, 7) is 7.70. The second-order valence-electron chi connectivity index (χ2n) is 7.27. The molecule has 1 aliphatic rings. The highest BCUT2D eigenvalue weighted by Crippen LogP contribution is 2.32. The number of amides is 1. The summed E-state index contributed by atoms with van der Waals surface area (Å²) in [4.78, 5) is 12.3. The molecule has 5 heteroatoms. The van der Waals surface area contributed by atoms with Gasteiger partial charge in [-0.15, -0.1) is 0 Å². The summed E-state index contributed by atoms with van der Waals surface area (Å²) in [6.07, 6.45) is 1.04. The van der Waals surface area contributed by atoms with Crippen molar-refractivity contribution in [1.82, 2.24) is 5.32 Å². The lowest BCUT2D eigenvalue weighted by atomic mass is 9.95. The lowest BCUT2D eigenvalue weighted by Gasteiger charge is -2.20. The molecule has 2 aromatic carbocycles. The van der Waals surface area contributed by atoms with Gasteiger partial charge in [0, 0.05) is 18.0 Å². The average molecular weight is 369 g/mol. The Morgan fingerprint density at radius 2 is 1.78 bits per heavy atom. The van der Waals surface area contributed by atoms with Gasteiger partial charge < -0.3 is 20.1 Å². The van der Waals surface area contributed by atoms with Crippen LogP contribution < -0.4 is 20.1 Å². The van der Waals surface area contributed by atoms with Crippen LogP contribution >= 0.6 is 0 Å². The van der Waals surface area contributed by atoms with Crippen LogP contribution in [0.3, 0.4) is 0 Å². The predicted molar refractivity (Wildman–Crippen MR) is 105 cm³/mol. The molecule has 0 bridgehead atoms. The highest BCUT2D eigenvalue weighted by Gasteiger charge is 2.20. The number of aryl methyl sites for hydroxylation is 1. The van der Waals surface area contributed by atoms with Crippen LogP contribution in [0.5, 0.6) is 11.5 Å². The maximum atomic E-state index is 12.3. The Hall–Kier alpha value is -2.53. The molecule has 0 aromatic heterocycles. The zero-order valence-corrected chi connectivity index (χ0v) is 16.3. The van der Waals surface area contributed by atoms with Crippen LogP contribution in [0.2, 0.25) is 0 Å². The molecule has 0 spiro atoms. The Morgan fingerprint density at radius 1 is 1.07 bits per heavy atom. The van der Waals surface area contributed by atoms with E-state index in [1.165, 1.54) is 11.1 Å². The fraction of sp³-hybridized carbons (Fsp3) is 0.409. The summed E-state index contributed by atoms with van der Waals surface area (Å²) in [7, 11) is 0. The van der Waals surface area contributed by atoms with E-state index in [0.717, 1.165) is 23.5 Å². The molecule has 0 fully saturated rings. The van der Waals surface area contributed by atoms with Crippen LogP contribution in [0.25, 0.3) is 0 Å². The van der Waals surface area contributed by atoms with E-state index in [1.807, 2.05) is 18.2 Å². The summed E-state index contributed by atoms with van der Waals surface area (Å²) < 4.78 is 10.7. The molecule has 1 atom stereocenters. The van der Waals surface area contributed by atoms with Gasteiger partial charge in [0.05, 0.1) is 0 Å². The second kappa shape index (κ2) is 8.91. The van der Waals surface area contributed by atoms with Crippen molar-refractivity contribution in [3.05, 3.63) is 59.2 Å². The first-order valence-corrected chi connectivity index (χ1v) is 9.64. The van der Waals surface area contributed by atoms with Gasteiger partial charge in [0.2, 0.25) is 6.79 Å². The Morgan fingerprint density at radius 3 is 2.48 bits per heavy atom. The topological polar surface area (TPSA) is 64.2 Å². The first kappa shape index (κ1) is 19.2. The van der Waals surface area contributed by atoms with Crippen LogP contribution in [0.1, 0.15) is 43.5 Å². The maximum Gasteiger partial charge on any atom is 0.275 e. The zero-order chi connectivity index (χ0) is 19.2. The number of hydrogen-bond acceptors (Lipinski definition) is 3. The first-order valence-electron chi connectivity index (χ1n) is 9.64. The van der Waals surface area contributed by atoms with E-state index in [0.29, 0.717) is 19.0 Å². The van der Waals surface area contributed by atoms with Crippen LogP contribution in [0.15, 0.2) is 42.5 Å². The third-order valence-corrected chi connectivity index (χ3v) is 4.97. The number of benzene rings is 2. The van der Waals surface area contributed by atoms with Crippen molar-refractivity contribution < 1.29 is 19.6 Å². The lowest BCUT2D eigenvalue weighted by molar-refractivity contribution is -0.692. The monoisotopic (exact) mass is 369 g/mol. The van der Waals surface area contributed by atoms with Gasteiger partial charge in [-0.05, 0) is 29.7 Å². The minimum atomic E-state index is 0.0310. The van der Waals surface area contributed by atoms with Gasteiger partial charge in [-0.25, -0.2) is 0 Å². The molecule has 0 unspecified atom stereocenters. The van der Waals surface area contributed by atoms with E-state index in [9.17, 15) is 4.79 Å². The third-order valence-electron chi connectivity index (χ3n) is 4.97. The molecule has 1 amide bonds. The van der Waals surface area contributed by atoms with Gasteiger partial charge in [-0.3, -0.25) is 4.79 Å². The van der Waals surface area contributed by atoms with Gasteiger partial charge in [0.25, 0.3) is 5.91 Å². The molecular weight excluding hydrogens is 340 g/mol. The predicted octanol–water partition coefficient (Wildman–Crippen LogP) is 2.55. The molecule has 1 heterocycles. The molecule has 0 saturated heterocycles. The number of nitrogens with one attached hydrogen (secondary N) is 1. The van der Waals surface area contributed by atoms with Gasteiger partial charge in [0.15, 0.2) is 18.0 Å². The van der Waals surface area contributed by atoms with Crippen molar-refractivity contribution in [2.24, 2.45) is 5.92 Å². The average Bonchev–Trinajstić information content (AvgIpc) is 3.14. The van der Waals surface area contributed by atoms with Crippen LogP contribution in [0, 0.1) is 5.92 Å². The van der Waals surface area contributed by atoms with E-state index in [4.69, 9.17) is 9.47 Å². The van der Waals surface area contributed by atoms with E-state index >= 15 is 0 Å². The van der Waals surface area contributed by atoms with Crippen molar-refractivity contribution >= 4 is 5.91 Å². The SMILES string of the molecule is CCc1ccc([C@@H]([NH2+]CC(=O)NCc2ccc3c(c2)OCO3)C(C)C)cc1. The number of hydrogen-bond donors (Lipinski definition) is 2. The third kappa shape index (κ3) is 5.01. The zero-order valence-electron chi connectivity index (χ0n) is 16.3. The Balaban J connectivity index is 1.51. The van der Waals surface area contributed by atoms with Crippen molar-refractivity contribution in [3.63, 3.8) is 0 Å². The fourth-order valence-electron chi connectivity index (χ4n) is 3.33. The normalized spacial score (nSPS) is 13.6. The van der Waals surface area contributed by atoms with E-state index in [2.05, 4.69) is 55.7 Å². The van der Waals surface area contributed by atoms with Crippen molar-refractivity contribution in [1.29, 1.82) is 0 Å². The highest BCUT2D eigenvalue weighted by atomic mass is 16.7. The molecule has 27 heavy (non-hydrogen) atoms. The molecule has 0 aliphatic carbocycles. The number of ether oxygens (including phenoxy) is 2. The summed E-state index contributed by atoms with van der Waals surface area (Å²) >= 11 is 0. The number of carbonyl (C=O) groups is 1. The van der Waals surface area contributed by atoms with Gasteiger partial charge >= 0.3 is 0 Å². The van der Waals surface area contributed by atoms with Crippen molar-refractivity contribution in [3.8, 4) is 11.5 Å². The summed E-state index contributed by atoms with van der Waals surface area (Å²) in [5.74, 6) is 1.97. The number of nitrogens with two attached hydrogens (primary N) is 1. The Kier molecular flexibility index (Phi) is 6.35. The largest absolute Gasteiger partial charge is 0.454 e. The second-order valence-corrected chi connectivity index (χ2v) is 7.27.